The summed E-state index contributed by atoms with van der Waals surface area (Å²) in [6.07, 6.45) is 3.03. The van der Waals surface area contributed by atoms with E-state index in [1.165, 1.54) is 0 Å². The molecule has 0 fully saturated rings. The highest BCUT2D eigenvalue weighted by Gasteiger charge is 2.10. The van der Waals surface area contributed by atoms with Crippen molar-refractivity contribution in [1.82, 2.24) is 24.7 Å². The molecule has 0 atom stereocenters. The largest absolute Gasteiger partial charge is 0.475 e. The van der Waals surface area contributed by atoms with Crippen LogP contribution >= 0.6 is 0 Å². The van der Waals surface area contributed by atoms with Crippen molar-refractivity contribution in [1.29, 1.82) is 0 Å². The zero-order valence-electron chi connectivity index (χ0n) is 7.20. The predicted molar refractivity (Wildman–Crippen MR) is 43.9 cm³/mol. The Morgan fingerprint density at radius 3 is 2.53 bits per heavy atom. The molecule has 2 heterocycles. The molecule has 0 spiro atoms. The number of hydrogen-bond donors (Lipinski definition) is 1. The van der Waals surface area contributed by atoms with Crippen molar-refractivity contribution in [3.63, 3.8) is 0 Å². The zero-order valence-corrected chi connectivity index (χ0v) is 7.20. The van der Waals surface area contributed by atoms with Gasteiger partial charge in [-0.2, -0.15) is 4.68 Å². The highest BCUT2D eigenvalue weighted by molar-refractivity contribution is 5.82. The van der Waals surface area contributed by atoms with E-state index in [1.807, 2.05) is 0 Å². The third kappa shape index (κ3) is 1.77. The van der Waals surface area contributed by atoms with Crippen LogP contribution in [0.3, 0.4) is 0 Å². The smallest absolute Gasteiger partial charge is 0.375 e. The van der Waals surface area contributed by atoms with E-state index in [1.54, 1.807) is 0 Å². The molecule has 7 nitrogen and oxygen atoms in total. The summed E-state index contributed by atoms with van der Waals surface area (Å²) in [6.45, 7) is 0. The molecule has 0 radical (unpaired) electrons. The first-order valence-electron chi connectivity index (χ1n) is 3.79. The summed E-state index contributed by atoms with van der Waals surface area (Å²) in [6, 6.07) is 0. The second kappa shape index (κ2) is 3.40. The number of nitrogens with zero attached hydrogens (tertiary/aromatic N) is 5. The van der Waals surface area contributed by atoms with Crippen molar-refractivity contribution < 1.29 is 14.3 Å². The number of aromatic nitrogens is 5. The standard InChI is InChI=1S/C7H4FN5O2/c8-4-1-9-7(10-2-4)13-3-11-5(12-13)6(14)15/h1-3H,(H,14,15). The van der Waals surface area contributed by atoms with E-state index < -0.39 is 11.8 Å². The Balaban J connectivity index is 2.37. The predicted octanol–water partition coefficient (Wildman–Crippen LogP) is -0.105. The average Bonchev–Trinajstić information content (AvgIpc) is 2.68. The molecule has 0 bridgehead atoms. The Kier molecular flexibility index (Phi) is 2.08. The number of carboxylic acid groups (broad SMARTS) is 1. The van der Waals surface area contributed by atoms with E-state index in [9.17, 15) is 9.18 Å². The average molecular weight is 209 g/mol. The van der Waals surface area contributed by atoms with E-state index >= 15 is 0 Å². The third-order valence-corrected chi connectivity index (χ3v) is 1.49. The molecule has 2 rings (SSSR count). The molecule has 0 aliphatic rings. The van der Waals surface area contributed by atoms with Crippen molar-refractivity contribution in [3.05, 3.63) is 30.4 Å². The molecule has 0 aromatic carbocycles. The van der Waals surface area contributed by atoms with Crippen LogP contribution in [0.15, 0.2) is 18.7 Å². The fourth-order valence-corrected chi connectivity index (χ4v) is 0.881. The topological polar surface area (TPSA) is 93.8 Å². The summed E-state index contributed by atoms with van der Waals surface area (Å²) in [5, 5.41) is 12.1. The molecule has 0 aliphatic heterocycles. The molecule has 0 unspecified atom stereocenters. The summed E-state index contributed by atoms with van der Waals surface area (Å²) >= 11 is 0. The molecule has 15 heavy (non-hydrogen) atoms. The lowest BCUT2D eigenvalue weighted by Gasteiger charge is -1.95. The fourth-order valence-electron chi connectivity index (χ4n) is 0.881. The molecular weight excluding hydrogens is 205 g/mol. The Hall–Kier alpha value is -2.38. The minimum Gasteiger partial charge on any atom is -0.475 e. The van der Waals surface area contributed by atoms with Gasteiger partial charge in [0, 0.05) is 0 Å². The number of aromatic carboxylic acids is 1. The number of carbonyl (C=O) groups is 1. The van der Waals surface area contributed by atoms with Gasteiger partial charge in [0.15, 0.2) is 5.82 Å². The fraction of sp³-hybridized carbons (Fsp3) is 0. The molecule has 76 valence electrons. The Labute approximate surface area is 82.2 Å². The minimum atomic E-state index is -1.25. The maximum absolute atomic E-state index is 12.5. The second-order valence-corrected chi connectivity index (χ2v) is 2.52. The van der Waals surface area contributed by atoms with Crippen LogP contribution in [0.4, 0.5) is 4.39 Å². The highest BCUT2D eigenvalue weighted by atomic mass is 19.1. The Bertz CT molecular complexity index is 494. The maximum Gasteiger partial charge on any atom is 0.375 e. The Morgan fingerprint density at radius 2 is 2.00 bits per heavy atom. The van der Waals surface area contributed by atoms with Crippen LogP contribution in [0.1, 0.15) is 10.6 Å². The van der Waals surface area contributed by atoms with Crippen molar-refractivity contribution in [2.75, 3.05) is 0 Å². The van der Waals surface area contributed by atoms with Crippen LogP contribution in [-0.4, -0.2) is 35.8 Å². The van der Waals surface area contributed by atoms with Crippen LogP contribution < -0.4 is 0 Å². The van der Waals surface area contributed by atoms with Gasteiger partial charge in [0.05, 0.1) is 12.4 Å². The molecule has 0 aliphatic carbocycles. The first kappa shape index (κ1) is 9.19. The summed E-state index contributed by atoms with van der Waals surface area (Å²) in [5.74, 6) is -2.16. The lowest BCUT2D eigenvalue weighted by molar-refractivity contribution is 0.0683. The molecule has 1 N–H and O–H groups in total. The third-order valence-electron chi connectivity index (χ3n) is 1.49. The molecule has 8 heteroatoms. The van der Waals surface area contributed by atoms with E-state index in [0.717, 1.165) is 23.4 Å². The van der Waals surface area contributed by atoms with Gasteiger partial charge in [-0.3, -0.25) is 0 Å². The molecule has 0 saturated carbocycles. The molecule has 0 amide bonds. The van der Waals surface area contributed by atoms with Crippen molar-refractivity contribution in [2.45, 2.75) is 0 Å². The van der Waals surface area contributed by atoms with Gasteiger partial charge in [0.1, 0.15) is 6.33 Å². The second-order valence-electron chi connectivity index (χ2n) is 2.52. The molecule has 0 saturated heterocycles. The van der Waals surface area contributed by atoms with E-state index in [0.29, 0.717) is 0 Å². The van der Waals surface area contributed by atoms with E-state index in [2.05, 4.69) is 20.1 Å². The summed E-state index contributed by atoms with van der Waals surface area (Å²) in [4.78, 5) is 21.2. The SMILES string of the molecule is O=C(O)c1ncn(-c2ncc(F)cn2)n1. The summed E-state index contributed by atoms with van der Waals surface area (Å²) < 4.78 is 13.5. The van der Waals surface area contributed by atoms with Gasteiger partial charge in [-0.15, -0.1) is 5.10 Å². The van der Waals surface area contributed by atoms with Gasteiger partial charge in [-0.05, 0) is 0 Å². The van der Waals surface area contributed by atoms with Crippen molar-refractivity contribution >= 4 is 5.97 Å². The van der Waals surface area contributed by atoms with E-state index in [4.69, 9.17) is 5.11 Å². The van der Waals surface area contributed by atoms with Crippen LogP contribution in [-0.2, 0) is 0 Å². The number of halogens is 1. The van der Waals surface area contributed by atoms with Crippen molar-refractivity contribution in [3.8, 4) is 5.95 Å². The number of rotatable bonds is 2. The van der Waals surface area contributed by atoms with Crippen LogP contribution in [0.2, 0.25) is 0 Å². The monoisotopic (exact) mass is 209 g/mol. The minimum absolute atomic E-state index is 0.0522. The first-order chi connectivity index (χ1) is 7.16. The molecule has 2 aromatic rings. The quantitative estimate of drug-likeness (QED) is 0.741. The normalized spacial score (nSPS) is 10.2. The van der Waals surface area contributed by atoms with Gasteiger partial charge in [0.2, 0.25) is 0 Å². The van der Waals surface area contributed by atoms with Gasteiger partial charge in [-0.25, -0.2) is 24.1 Å². The Morgan fingerprint density at radius 1 is 1.33 bits per heavy atom. The maximum atomic E-state index is 12.5. The van der Waals surface area contributed by atoms with Gasteiger partial charge >= 0.3 is 5.97 Å². The lowest BCUT2D eigenvalue weighted by Crippen LogP contribution is -2.04. The summed E-state index contributed by atoms with van der Waals surface area (Å²) in [7, 11) is 0. The number of carboxylic acids is 1. The van der Waals surface area contributed by atoms with Crippen LogP contribution in [0.5, 0.6) is 0 Å². The molecular formula is C7H4FN5O2. The summed E-state index contributed by atoms with van der Waals surface area (Å²) in [5.41, 5.74) is 0. The molecule has 2 aromatic heterocycles. The van der Waals surface area contributed by atoms with Gasteiger partial charge < -0.3 is 5.11 Å². The lowest BCUT2D eigenvalue weighted by atomic mass is 10.6. The number of hydrogen-bond acceptors (Lipinski definition) is 5. The van der Waals surface area contributed by atoms with Crippen molar-refractivity contribution in [2.24, 2.45) is 0 Å². The first-order valence-corrected chi connectivity index (χ1v) is 3.79. The van der Waals surface area contributed by atoms with Crippen LogP contribution in [0, 0.1) is 5.82 Å². The highest BCUT2D eigenvalue weighted by Crippen LogP contribution is 1.99. The van der Waals surface area contributed by atoms with Crippen LogP contribution in [0.25, 0.3) is 5.95 Å². The van der Waals surface area contributed by atoms with Gasteiger partial charge in [-0.1, -0.05) is 0 Å². The zero-order chi connectivity index (χ0) is 10.8. The van der Waals surface area contributed by atoms with E-state index in [-0.39, 0.29) is 11.8 Å². The van der Waals surface area contributed by atoms with Gasteiger partial charge in [0.25, 0.3) is 11.8 Å².